The number of aryl methyl sites for hydroxylation is 3. The van der Waals surface area contributed by atoms with E-state index in [0.29, 0.717) is 17.1 Å². The largest absolute Gasteiger partial charge is 0.361 e. The first-order valence-corrected chi connectivity index (χ1v) is 7.85. The van der Waals surface area contributed by atoms with Crippen LogP contribution in [0.4, 0.5) is 17.1 Å². The second-order valence-corrected chi connectivity index (χ2v) is 5.83. The first-order chi connectivity index (χ1) is 12.0. The predicted octanol–water partition coefficient (Wildman–Crippen LogP) is 5.27. The molecule has 126 valence electrons. The van der Waals surface area contributed by atoms with Crippen molar-refractivity contribution < 1.29 is 9.32 Å². The van der Waals surface area contributed by atoms with Gasteiger partial charge < -0.3 is 9.84 Å². The van der Waals surface area contributed by atoms with E-state index < -0.39 is 0 Å². The summed E-state index contributed by atoms with van der Waals surface area (Å²) in [5.74, 6) is 0.223. The third-order valence-electron chi connectivity index (χ3n) is 3.57. The van der Waals surface area contributed by atoms with Gasteiger partial charge in [-0.05, 0) is 50.6 Å². The molecule has 1 heterocycles. The molecule has 0 bridgehead atoms. The van der Waals surface area contributed by atoms with Gasteiger partial charge >= 0.3 is 0 Å². The second-order valence-electron chi connectivity index (χ2n) is 5.83. The highest BCUT2D eigenvalue weighted by molar-refractivity contribution is 6.04. The first-order valence-electron chi connectivity index (χ1n) is 7.85. The summed E-state index contributed by atoms with van der Waals surface area (Å²) in [6.07, 6.45) is 0. The van der Waals surface area contributed by atoms with Gasteiger partial charge in [0.1, 0.15) is 11.4 Å². The quantitative estimate of drug-likeness (QED) is 0.660. The average Bonchev–Trinajstić information content (AvgIpc) is 3.03. The highest BCUT2D eigenvalue weighted by Gasteiger charge is 2.13. The van der Waals surface area contributed by atoms with Crippen LogP contribution in [0.3, 0.4) is 0 Å². The van der Waals surface area contributed by atoms with Gasteiger partial charge in [-0.15, -0.1) is 5.11 Å². The molecule has 0 saturated carbocycles. The molecule has 0 unspecified atom stereocenters. The SMILES string of the molecule is Cc1ccc(N=Nc2cc(C)ccc2NC(=O)c2cc(C)on2)cc1. The van der Waals surface area contributed by atoms with Crippen molar-refractivity contribution >= 4 is 23.0 Å². The normalized spacial score (nSPS) is 11.0. The summed E-state index contributed by atoms with van der Waals surface area (Å²) in [4.78, 5) is 12.3. The number of carbonyl (C=O) groups excluding carboxylic acids is 1. The summed E-state index contributed by atoms with van der Waals surface area (Å²) < 4.78 is 4.93. The number of amides is 1. The van der Waals surface area contributed by atoms with Gasteiger partial charge in [0, 0.05) is 6.07 Å². The molecule has 1 amide bonds. The minimum Gasteiger partial charge on any atom is -0.361 e. The molecule has 0 aliphatic rings. The molecule has 0 aliphatic heterocycles. The number of nitrogens with one attached hydrogen (secondary N) is 1. The number of rotatable bonds is 4. The van der Waals surface area contributed by atoms with Crippen LogP contribution >= 0.6 is 0 Å². The van der Waals surface area contributed by atoms with Crippen molar-refractivity contribution in [2.24, 2.45) is 10.2 Å². The monoisotopic (exact) mass is 334 g/mol. The topological polar surface area (TPSA) is 79.9 Å². The Balaban J connectivity index is 1.85. The third-order valence-corrected chi connectivity index (χ3v) is 3.57. The Morgan fingerprint density at radius 2 is 1.68 bits per heavy atom. The number of aromatic nitrogens is 1. The van der Waals surface area contributed by atoms with Gasteiger partial charge in [-0.25, -0.2) is 0 Å². The average molecular weight is 334 g/mol. The molecule has 25 heavy (non-hydrogen) atoms. The number of benzene rings is 2. The van der Waals surface area contributed by atoms with E-state index in [1.165, 1.54) is 0 Å². The molecular formula is C19H18N4O2. The van der Waals surface area contributed by atoms with Crippen LogP contribution < -0.4 is 5.32 Å². The number of azo groups is 1. The van der Waals surface area contributed by atoms with E-state index in [9.17, 15) is 4.79 Å². The van der Waals surface area contributed by atoms with Crippen molar-refractivity contribution in [3.63, 3.8) is 0 Å². The number of nitrogens with zero attached hydrogens (tertiary/aromatic N) is 3. The molecule has 3 rings (SSSR count). The fraction of sp³-hybridized carbons (Fsp3) is 0.158. The molecule has 0 aliphatic carbocycles. The van der Waals surface area contributed by atoms with Gasteiger partial charge in [-0.2, -0.15) is 5.11 Å². The molecule has 1 aromatic heterocycles. The van der Waals surface area contributed by atoms with Gasteiger partial charge in [0.2, 0.25) is 0 Å². The van der Waals surface area contributed by atoms with E-state index in [4.69, 9.17) is 4.52 Å². The number of carbonyl (C=O) groups is 1. The lowest BCUT2D eigenvalue weighted by molar-refractivity contribution is 0.101. The second kappa shape index (κ2) is 7.09. The summed E-state index contributed by atoms with van der Waals surface area (Å²) in [5.41, 5.74) is 4.29. The Morgan fingerprint density at radius 1 is 0.960 bits per heavy atom. The Morgan fingerprint density at radius 3 is 2.36 bits per heavy atom. The molecule has 0 atom stereocenters. The van der Waals surface area contributed by atoms with Crippen LogP contribution in [0.2, 0.25) is 0 Å². The third kappa shape index (κ3) is 4.17. The highest BCUT2D eigenvalue weighted by Crippen LogP contribution is 2.28. The van der Waals surface area contributed by atoms with Crippen molar-refractivity contribution in [3.8, 4) is 0 Å². The minimum absolute atomic E-state index is 0.222. The van der Waals surface area contributed by atoms with Crippen molar-refractivity contribution in [2.45, 2.75) is 20.8 Å². The summed E-state index contributed by atoms with van der Waals surface area (Å²) >= 11 is 0. The molecule has 0 spiro atoms. The molecule has 6 heteroatoms. The van der Waals surface area contributed by atoms with Crippen molar-refractivity contribution in [1.82, 2.24) is 5.16 Å². The lowest BCUT2D eigenvalue weighted by Gasteiger charge is -2.07. The van der Waals surface area contributed by atoms with Gasteiger partial charge in [-0.3, -0.25) is 4.79 Å². The lowest BCUT2D eigenvalue weighted by atomic mass is 10.2. The Labute approximate surface area is 145 Å². The van der Waals surface area contributed by atoms with Crippen LogP contribution in [0.15, 0.2) is 63.3 Å². The molecule has 1 N–H and O–H groups in total. The first kappa shape index (κ1) is 16.6. The zero-order valence-corrected chi connectivity index (χ0v) is 14.3. The number of hydrogen-bond donors (Lipinski definition) is 1. The summed E-state index contributed by atoms with van der Waals surface area (Å²) in [6.45, 7) is 5.70. The van der Waals surface area contributed by atoms with Crippen LogP contribution in [0.1, 0.15) is 27.4 Å². The summed E-state index contributed by atoms with van der Waals surface area (Å²) in [7, 11) is 0. The van der Waals surface area contributed by atoms with E-state index >= 15 is 0 Å². The highest BCUT2D eigenvalue weighted by atomic mass is 16.5. The van der Waals surface area contributed by atoms with E-state index in [1.54, 1.807) is 19.1 Å². The number of hydrogen-bond acceptors (Lipinski definition) is 5. The van der Waals surface area contributed by atoms with Gasteiger partial charge in [0.25, 0.3) is 5.91 Å². The van der Waals surface area contributed by atoms with Crippen molar-refractivity contribution in [2.75, 3.05) is 5.32 Å². The van der Waals surface area contributed by atoms with Crippen LogP contribution in [0.5, 0.6) is 0 Å². The zero-order valence-electron chi connectivity index (χ0n) is 14.3. The molecule has 6 nitrogen and oxygen atoms in total. The van der Waals surface area contributed by atoms with Crippen molar-refractivity contribution in [1.29, 1.82) is 0 Å². The summed E-state index contributed by atoms with van der Waals surface area (Å²) in [6, 6.07) is 14.9. The van der Waals surface area contributed by atoms with Gasteiger partial charge in [0.15, 0.2) is 5.69 Å². The Kier molecular flexibility index (Phi) is 4.70. The molecular weight excluding hydrogens is 316 g/mol. The zero-order chi connectivity index (χ0) is 17.8. The van der Waals surface area contributed by atoms with Gasteiger partial charge in [-0.1, -0.05) is 28.9 Å². The van der Waals surface area contributed by atoms with Crippen LogP contribution in [-0.4, -0.2) is 11.1 Å². The fourth-order valence-electron chi connectivity index (χ4n) is 2.21. The molecule has 2 aromatic carbocycles. The number of anilines is 1. The lowest BCUT2D eigenvalue weighted by Crippen LogP contribution is -2.12. The van der Waals surface area contributed by atoms with E-state index in [0.717, 1.165) is 16.8 Å². The fourth-order valence-corrected chi connectivity index (χ4v) is 2.21. The smallest absolute Gasteiger partial charge is 0.277 e. The minimum atomic E-state index is -0.354. The standard InChI is InChI=1S/C19H18N4O2/c1-12-4-7-15(8-5-12)21-22-17-10-13(2)6-9-16(17)20-19(24)18-11-14(3)25-23-18/h4-11H,1-3H3,(H,20,24). The van der Waals surface area contributed by atoms with E-state index in [-0.39, 0.29) is 11.6 Å². The summed E-state index contributed by atoms with van der Waals surface area (Å²) in [5, 5.41) is 15.0. The predicted molar refractivity (Wildman–Crippen MR) is 95.7 cm³/mol. The molecule has 3 aromatic rings. The molecule has 0 radical (unpaired) electrons. The Bertz CT molecular complexity index is 927. The van der Waals surface area contributed by atoms with E-state index in [1.807, 2.05) is 50.2 Å². The Hall–Kier alpha value is -3.28. The van der Waals surface area contributed by atoms with Crippen molar-refractivity contribution in [3.05, 3.63) is 71.1 Å². The van der Waals surface area contributed by atoms with Crippen LogP contribution in [0, 0.1) is 20.8 Å². The van der Waals surface area contributed by atoms with Crippen LogP contribution in [0.25, 0.3) is 0 Å². The van der Waals surface area contributed by atoms with E-state index in [2.05, 4.69) is 20.7 Å². The van der Waals surface area contributed by atoms with Gasteiger partial charge in [0.05, 0.1) is 11.4 Å². The maximum absolute atomic E-state index is 12.3. The molecule has 0 saturated heterocycles. The molecule has 0 fully saturated rings. The maximum atomic E-state index is 12.3. The maximum Gasteiger partial charge on any atom is 0.277 e. The van der Waals surface area contributed by atoms with Crippen LogP contribution in [-0.2, 0) is 0 Å².